The molecular weight excluding hydrogens is 353 g/mol. The number of aliphatic imine (C=N–C) groups is 1. The molecule has 0 atom stereocenters. The Bertz CT molecular complexity index is 599. The topological polar surface area (TPSA) is 36.4 Å². The molecule has 0 radical (unpaired) electrons. The Balaban J connectivity index is 1.76. The summed E-state index contributed by atoms with van der Waals surface area (Å²) in [7, 11) is 1.75. The summed E-state index contributed by atoms with van der Waals surface area (Å²) < 4.78 is 13.6. The number of rotatable bonds is 5. The minimum absolute atomic E-state index is 0.236. The largest absolute Gasteiger partial charge is 0.356 e. The van der Waals surface area contributed by atoms with Crippen molar-refractivity contribution < 1.29 is 4.39 Å². The number of benzene rings is 1. The summed E-state index contributed by atoms with van der Waals surface area (Å²) in [6, 6.07) is 7.16. The summed E-state index contributed by atoms with van der Waals surface area (Å²) >= 11 is 4.88. The van der Waals surface area contributed by atoms with E-state index in [0.29, 0.717) is 4.47 Å². The number of nitrogens with zero attached hydrogens (tertiary/aromatic N) is 1. The highest BCUT2D eigenvalue weighted by Crippen LogP contribution is 2.16. The Morgan fingerprint density at radius 3 is 2.81 bits per heavy atom. The first kappa shape index (κ1) is 16.0. The molecule has 0 saturated carbocycles. The van der Waals surface area contributed by atoms with Crippen LogP contribution < -0.4 is 10.6 Å². The second-order valence-corrected chi connectivity index (χ2v) is 6.12. The molecule has 0 aliphatic heterocycles. The van der Waals surface area contributed by atoms with Crippen LogP contribution in [0.15, 0.2) is 44.5 Å². The normalized spacial score (nSPS) is 11.5. The highest BCUT2D eigenvalue weighted by molar-refractivity contribution is 9.10. The van der Waals surface area contributed by atoms with Crippen LogP contribution in [0.5, 0.6) is 0 Å². The third-order valence-electron chi connectivity index (χ3n) is 2.95. The fraction of sp³-hybridized carbons (Fsp3) is 0.267. The van der Waals surface area contributed by atoms with E-state index in [1.165, 1.54) is 11.6 Å². The van der Waals surface area contributed by atoms with Gasteiger partial charge in [0.25, 0.3) is 0 Å². The van der Waals surface area contributed by atoms with Gasteiger partial charge in [0.2, 0.25) is 0 Å². The van der Waals surface area contributed by atoms with Crippen molar-refractivity contribution in [2.75, 3.05) is 13.6 Å². The average Bonchev–Trinajstić information content (AvgIpc) is 2.99. The van der Waals surface area contributed by atoms with Crippen LogP contribution in [0.25, 0.3) is 0 Å². The Morgan fingerprint density at radius 1 is 1.29 bits per heavy atom. The molecule has 1 aromatic heterocycles. The van der Waals surface area contributed by atoms with Crippen LogP contribution in [0.4, 0.5) is 4.39 Å². The molecule has 3 nitrogen and oxygen atoms in total. The first-order chi connectivity index (χ1) is 10.2. The summed E-state index contributed by atoms with van der Waals surface area (Å²) in [5.74, 6) is 0.530. The molecule has 6 heteroatoms. The van der Waals surface area contributed by atoms with E-state index in [4.69, 9.17) is 0 Å². The molecule has 0 fully saturated rings. The standard InChI is InChI=1S/C15H17BrFN3S/c1-18-15(20-9-12-5-7-21-10-12)19-6-4-11-2-3-14(17)13(16)8-11/h2-3,5,7-8,10H,4,6,9H2,1H3,(H2,18,19,20). The number of hydrogen-bond donors (Lipinski definition) is 2. The monoisotopic (exact) mass is 369 g/mol. The van der Waals surface area contributed by atoms with Gasteiger partial charge in [0.15, 0.2) is 5.96 Å². The van der Waals surface area contributed by atoms with Crippen LogP contribution in [-0.2, 0) is 13.0 Å². The van der Waals surface area contributed by atoms with Crippen LogP contribution in [0.3, 0.4) is 0 Å². The fourth-order valence-corrected chi connectivity index (χ4v) is 2.91. The lowest BCUT2D eigenvalue weighted by Crippen LogP contribution is -2.37. The Morgan fingerprint density at radius 2 is 2.14 bits per heavy atom. The predicted octanol–water partition coefficient (Wildman–Crippen LogP) is 3.56. The SMILES string of the molecule is CN=C(NCCc1ccc(F)c(Br)c1)NCc1ccsc1. The molecule has 0 amide bonds. The van der Waals surface area contributed by atoms with E-state index in [2.05, 4.69) is 48.4 Å². The van der Waals surface area contributed by atoms with Crippen molar-refractivity contribution in [3.05, 3.63) is 56.4 Å². The van der Waals surface area contributed by atoms with E-state index in [9.17, 15) is 4.39 Å². The van der Waals surface area contributed by atoms with Crippen LogP contribution in [0, 0.1) is 5.82 Å². The zero-order valence-corrected chi connectivity index (χ0v) is 14.1. The van der Waals surface area contributed by atoms with Crippen molar-refractivity contribution in [2.45, 2.75) is 13.0 Å². The number of hydrogen-bond acceptors (Lipinski definition) is 2. The maximum atomic E-state index is 13.1. The molecule has 1 aromatic carbocycles. The van der Waals surface area contributed by atoms with Gasteiger partial charge in [-0.05, 0) is 62.4 Å². The molecule has 112 valence electrons. The quantitative estimate of drug-likeness (QED) is 0.624. The molecule has 0 bridgehead atoms. The van der Waals surface area contributed by atoms with Crippen molar-refractivity contribution in [3.63, 3.8) is 0 Å². The number of guanidine groups is 1. The van der Waals surface area contributed by atoms with Crippen molar-refractivity contribution in [1.29, 1.82) is 0 Å². The molecule has 0 aliphatic carbocycles. The summed E-state index contributed by atoms with van der Waals surface area (Å²) in [5, 5.41) is 10.7. The zero-order valence-electron chi connectivity index (χ0n) is 11.7. The molecule has 21 heavy (non-hydrogen) atoms. The van der Waals surface area contributed by atoms with Crippen molar-refractivity contribution in [2.24, 2.45) is 4.99 Å². The molecule has 0 unspecified atom stereocenters. The van der Waals surface area contributed by atoms with Crippen molar-refractivity contribution in [1.82, 2.24) is 10.6 Å². The molecular formula is C15H17BrFN3S. The lowest BCUT2D eigenvalue weighted by Gasteiger charge is -2.11. The molecule has 0 saturated heterocycles. The summed E-state index contributed by atoms with van der Waals surface area (Å²) in [5.41, 5.74) is 2.31. The van der Waals surface area contributed by atoms with Crippen LogP contribution >= 0.6 is 27.3 Å². The van der Waals surface area contributed by atoms with Gasteiger partial charge in [0.1, 0.15) is 5.82 Å². The highest BCUT2D eigenvalue weighted by atomic mass is 79.9. The number of halogens is 2. The van der Waals surface area contributed by atoms with Gasteiger partial charge < -0.3 is 10.6 Å². The molecule has 1 heterocycles. The summed E-state index contributed by atoms with van der Waals surface area (Å²) in [6.07, 6.45) is 0.804. The molecule has 0 spiro atoms. The highest BCUT2D eigenvalue weighted by Gasteiger charge is 2.02. The second-order valence-electron chi connectivity index (χ2n) is 4.48. The van der Waals surface area contributed by atoms with Crippen LogP contribution in [0.2, 0.25) is 0 Å². The first-order valence-electron chi connectivity index (χ1n) is 6.58. The molecule has 2 aromatic rings. The van der Waals surface area contributed by atoms with Gasteiger partial charge >= 0.3 is 0 Å². The summed E-state index contributed by atoms with van der Waals surface area (Å²) in [4.78, 5) is 4.18. The van der Waals surface area contributed by atoms with Gasteiger partial charge in [-0.25, -0.2) is 4.39 Å². The van der Waals surface area contributed by atoms with E-state index >= 15 is 0 Å². The van der Waals surface area contributed by atoms with Crippen LogP contribution in [0.1, 0.15) is 11.1 Å². The van der Waals surface area contributed by atoms with Crippen molar-refractivity contribution >= 4 is 33.2 Å². The summed E-state index contributed by atoms with van der Waals surface area (Å²) in [6.45, 7) is 1.49. The lowest BCUT2D eigenvalue weighted by molar-refractivity contribution is 0.620. The van der Waals surface area contributed by atoms with Gasteiger partial charge in [0.05, 0.1) is 4.47 Å². The third kappa shape index (κ3) is 5.13. The molecule has 2 rings (SSSR count). The van der Waals surface area contributed by atoms with Gasteiger partial charge in [-0.1, -0.05) is 6.07 Å². The maximum absolute atomic E-state index is 13.1. The Hall–Kier alpha value is -1.40. The van der Waals surface area contributed by atoms with E-state index in [-0.39, 0.29) is 5.82 Å². The third-order valence-corrected chi connectivity index (χ3v) is 4.29. The minimum Gasteiger partial charge on any atom is -0.356 e. The smallest absolute Gasteiger partial charge is 0.191 e. The van der Waals surface area contributed by atoms with E-state index in [1.54, 1.807) is 30.5 Å². The second kappa shape index (κ2) is 8.14. The van der Waals surface area contributed by atoms with Gasteiger partial charge in [-0.2, -0.15) is 11.3 Å². The minimum atomic E-state index is -0.236. The van der Waals surface area contributed by atoms with E-state index < -0.39 is 0 Å². The Labute approximate surface area is 136 Å². The number of thiophene rings is 1. The van der Waals surface area contributed by atoms with Gasteiger partial charge in [0, 0.05) is 20.1 Å². The van der Waals surface area contributed by atoms with Gasteiger partial charge in [-0.3, -0.25) is 4.99 Å². The fourth-order valence-electron chi connectivity index (χ4n) is 1.82. The zero-order chi connectivity index (χ0) is 15.1. The Kier molecular flexibility index (Phi) is 6.20. The van der Waals surface area contributed by atoms with Crippen LogP contribution in [-0.4, -0.2) is 19.6 Å². The first-order valence-corrected chi connectivity index (χ1v) is 8.32. The van der Waals surface area contributed by atoms with Gasteiger partial charge in [-0.15, -0.1) is 0 Å². The van der Waals surface area contributed by atoms with E-state index in [0.717, 1.165) is 31.0 Å². The maximum Gasteiger partial charge on any atom is 0.191 e. The van der Waals surface area contributed by atoms with E-state index in [1.807, 2.05) is 0 Å². The molecule has 0 aliphatic rings. The van der Waals surface area contributed by atoms with Crippen molar-refractivity contribution in [3.8, 4) is 0 Å². The predicted molar refractivity (Wildman–Crippen MR) is 90.3 cm³/mol. The average molecular weight is 370 g/mol. The molecule has 2 N–H and O–H groups in total. The number of nitrogens with one attached hydrogen (secondary N) is 2. The lowest BCUT2D eigenvalue weighted by atomic mass is 10.1.